The zero-order valence-electron chi connectivity index (χ0n) is 14.7. The molecule has 0 saturated carbocycles. The Morgan fingerprint density at radius 3 is 2.85 bits per heavy atom. The van der Waals surface area contributed by atoms with Crippen LogP contribution in [0.1, 0.15) is 24.0 Å². The highest BCUT2D eigenvalue weighted by Gasteiger charge is 2.22. The molecule has 1 fully saturated rings. The molecule has 7 heteroatoms. The third kappa shape index (κ3) is 4.49. The summed E-state index contributed by atoms with van der Waals surface area (Å²) in [7, 11) is 1.48. The summed E-state index contributed by atoms with van der Waals surface area (Å²) < 4.78 is 19.7. The number of nitrogens with zero attached hydrogens (tertiary/aromatic N) is 1. The van der Waals surface area contributed by atoms with E-state index in [2.05, 4.69) is 20.9 Å². The summed E-state index contributed by atoms with van der Waals surface area (Å²) in [5.41, 5.74) is 1.52. The van der Waals surface area contributed by atoms with E-state index in [4.69, 9.17) is 4.74 Å². The second-order valence-electron chi connectivity index (χ2n) is 6.19. The van der Waals surface area contributed by atoms with E-state index in [1.807, 2.05) is 30.3 Å². The minimum atomic E-state index is -0.482. The molecular weight excluding hydrogens is 335 g/mol. The third-order valence-corrected chi connectivity index (χ3v) is 4.34. The van der Waals surface area contributed by atoms with Crippen molar-refractivity contribution in [3.8, 4) is 5.88 Å². The van der Waals surface area contributed by atoms with Crippen LogP contribution in [0.15, 0.2) is 36.4 Å². The Labute approximate surface area is 152 Å². The van der Waals surface area contributed by atoms with E-state index in [0.717, 1.165) is 24.9 Å². The van der Waals surface area contributed by atoms with Gasteiger partial charge in [-0.1, -0.05) is 30.3 Å². The lowest BCUT2D eigenvalue weighted by atomic mass is 10.2. The molecule has 1 aliphatic rings. The molecule has 1 saturated heterocycles. The fourth-order valence-corrected chi connectivity index (χ4v) is 2.93. The molecule has 1 amide bonds. The molecule has 3 rings (SSSR count). The first-order valence-corrected chi connectivity index (χ1v) is 8.69. The van der Waals surface area contributed by atoms with E-state index in [0.29, 0.717) is 18.0 Å². The second kappa shape index (κ2) is 8.62. The van der Waals surface area contributed by atoms with Crippen LogP contribution in [0.2, 0.25) is 0 Å². The minimum Gasteiger partial charge on any atom is -0.481 e. The van der Waals surface area contributed by atoms with Gasteiger partial charge in [0.2, 0.25) is 11.8 Å². The number of halogens is 1. The van der Waals surface area contributed by atoms with Crippen molar-refractivity contribution < 1.29 is 13.9 Å². The lowest BCUT2D eigenvalue weighted by molar-refractivity contribution is -0.122. The largest absolute Gasteiger partial charge is 0.481 e. The van der Waals surface area contributed by atoms with Gasteiger partial charge in [0, 0.05) is 18.7 Å². The summed E-state index contributed by atoms with van der Waals surface area (Å²) in [5, 5.41) is 8.92. The monoisotopic (exact) mass is 358 g/mol. The van der Waals surface area contributed by atoms with Gasteiger partial charge < -0.3 is 20.7 Å². The molecule has 0 spiro atoms. The number of nitrogens with one attached hydrogen (secondary N) is 3. The van der Waals surface area contributed by atoms with Gasteiger partial charge in [-0.3, -0.25) is 4.79 Å². The van der Waals surface area contributed by atoms with Crippen LogP contribution in [0.3, 0.4) is 0 Å². The fourth-order valence-electron chi connectivity index (χ4n) is 2.93. The molecule has 3 N–H and O–H groups in total. The molecule has 1 aliphatic heterocycles. The number of amides is 1. The van der Waals surface area contributed by atoms with Crippen LogP contribution in [0, 0.1) is 5.82 Å². The van der Waals surface area contributed by atoms with Crippen LogP contribution < -0.4 is 20.7 Å². The van der Waals surface area contributed by atoms with Gasteiger partial charge in [-0.15, -0.1) is 0 Å². The number of methoxy groups -OCH3 is 1. The fraction of sp³-hybridized carbons (Fsp3) is 0.368. The van der Waals surface area contributed by atoms with Crippen molar-refractivity contribution in [2.24, 2.45) is 0 Å². The molecule has 1 atom stereocenters. The van der Waals surface area contributed by atoms with E-state index >= 15 is 0 Å². The first-order chi connectivity index (χ1) is 12.7. The molecule has 0 bridgehead atoms. The number of carbonyl (C=O) groups is 1. The maximum Gasteiger partial charge on any atom is 0.237 e. The van der Waals surface area contributed by atoms with E-state index in [1.54, 1.807) is 0 Å². The predicted octanol–water partition coefficient (Wildman–Crippen LogP) is 2.21. The number of benzene rings is 1. The van der Waals surface area contributed by atoms with Gasteiger partial charge in [-0.2, -0.15) is 4.98 Å². The van der Waals surface area contributed by atoms with Gasteiger partial charge in [0.05, 0.1) is 13.2 Å². The molecule has 26 heavy (non-hydrogen) atoms. The van der Waals surface area contributed by atoms with E-state index < -0.39 is 5.82 Å². The van der Waals surface area contributed by atoms with Crippen molar-refractivity contribution in [3.63, 3.8) is 0 Å². The van der Waals surface area contributed by atoms with Gasteiger partial charge >= 0.3 is 0 Å². The number of hydrogen-bond acceptors (Lipinski definition) is 5. The molecule has 2 aromatic rings. The zero-order chi connectivity index (χ0) is 18.4. The first kappa shape index (κ1) is 18.1. The normalized spacial score (nSPS) is 16.3. The molecule has 0 aliphatic carbocycles. The molecule has 2 heterocycles. The molecule has 138 valence electrons. The smallest absolute Gasteiger partial charge is 0.237 e. The summed E-state index contributed by atoms with van der Waals surface area (Å²) in [6.07, 6.45) is 1.80. The van der Waals surface area contributed by atoms with Crippen molar-refractivity contribution >= 4 is 11.7 Å². The lowest BCUT2D eigenvalue weighted by Crippen LogP contribution is -2.40. The standard InChI is InChI=1S/C19H23FN4O2/c1-26-19-14(12-23-18(25)16-8-5-9-21-16)10-15(20)17(24-19)22-11-13-6-3-2-4-7-13/h2-4,6-7,10,16,21H,5,8-9,11-12H2,1H3,(H,22,24)(H,23,25). The van der Waals surface area contributed by atoms with Crippen LogP contribution in [0.4, 0.5) is 10.2 Å². The van der Waals surface area contributed by atoms with Gasteiger partial charge in [-0.25, -0.2) is 4.39 Å². The summed E-state index contributed by atoms with van der Waals surface area (Å²) in [6.45, 7) is 1.47. The Morgan fingerprint density at radius 2 is 2.15 bits per heavy atom. The van der Waals surface area contributed by atoms with Gasteiger partial charge in [0.15, 0.2) is 11.6 Å². The first-order valence-electron chi connectivity index (χ1n) is 8.69. The SMILES string of the molecule is COc1nc(NCc2ccccc2)c(F)cc1CNC(=O)C1CCCN1. The summed E-state index contributed by atoms with van der Waals surface area (Å²) >= 11 is 0. The third-order valence-electron chi connectivity index (χ3n) is 4.34. The van der Waals surface area contributed by atoms with Crippen LogP contribution in [-0.4, -0.2) is 30.6 Å². The number of ether oxygens (including phenoxy) is 1. The summed E-state index contributed by atoms with van der Waals surface area (Å²) in [6, 6.07) is 10.8. The van der Waals surface area contributed by atoms with Crippen molar-refractivity contribution in [2.45, 2.75) is 32.0 Å². The Bertz CT molecular complexity index is 749. The number of anilines is 1. The van der Waals surface area contributed by atoms with E-state index in [1.165, 1.54) is 13.2 Å². The topological polar surface area (TPSA) is 75.3 Å². The Balaban J connectivity index is 1.65. The number of carbonyl (C=O) groups excluding carboxylic acids is 1. The maximum absolute atomic E-state index is 14.4. The number of pyridine rings is 1. The molecule has 6 nitrogen and oxygen atoms in total. The molecular formula is C19H23FN4O2. The lowest BCUT2D eigenvalue weighted by Gasteiger charge is -2.14. The number of rotatable bonds is 7. The Hall–Kier alpha value is -2.67. The minimum absolute atomic E-state index is 0.0868. The highest BCUT2D eigenvalue weighted by molar-refractivity contribution is 5.82. The quantitative estimate of drug-likeness (QED) is 0.708. The Morgan fingerprint density at radius 1 is 1.35 bits per heavy atom. The number of aromatic nitrogens is 1. The molecule has 0 radical (unpaired) electrons. The molecule has 1 aromatic heterocycles. The summed E-state index contributed by atoms with van der Waals surface area (Å²) in [4.78, 5) is 16.3. The van der Waals surface area contributed by atoms with Crippen LogP contribution in [-0.2, 0) is 17.9 Å². The molecule has 1 unspecified atom stereocenters. The van der Waals surface area contributed by atoms with Gasteiger partial charge in [0.1, 0.15) is 0 Å². The van der Waals surface area contributed by atoms with Crippen LogP contribution in [0.25, 0.3) is 0 Å². The Kier molecular flexibility index (Phi) is 6.01. The maximum atomic E-state index is 14.4. The second-order valence-corrected chi connectivity index (χ2v) is 6.19. The average molecular weight is 358 g/mol. The van der Waals surface area contributed by atoms with Crippen molar-refractivity contribution in [3.05, 3.63) is 53.3 Å². The molecule has 1 aromatic carbocycles. The van der Waals surface area contributed by atoms with E-state index in [-0.39, 0.29) is 24.3 Å². The van der Waals surface area contributed by atoms with Crippen molar-refractivity contribution in [1.29, 1.82) is 0 Å². The van der Waals surface area contributed by atoms with Gasteiger partial charge in [0.25, 0.3) is 0 Å². The van der Waals surface area contributed by atoms with Crippen LogP contribution in [0.5, 0.6) is 5.88 Å². The highest BCUT2D eigenvalue weighted by atomic mass is 19.1. The highest BCUT2D eigenvalue weighted by Crippen LogP contribution is 2.22. The van der Waals surface area contributed by atoms with Crippen molar-refractivity contribution in [1.82, 2.24) is 15.6 Å². The van der Waals surface area contributed by atoms with Gasteiger partial charge in [-0.05, 0) is 31.0 Å². The zero-order valence-corrected chi connectivity index (χ0v) is 14.7. The average Bonchev–Trinajstić information content (AvgIpc) is 3.21. The van der Waals surface area contributed by atoms with Crippen molar-refractivity contribution in [2.75, 3.05) is 19.0 Å². The van der Waals surface area contributed by atoms with E-state index in [9.17, 15) is 9.18 Å². The number of hydrogen-bond donors (Lipinski definition) is 3. The predicted molar refractivity (Wildman–Crippen MR) is 97.4 cm³/mol. The van der Waals surface area contributed by atoms with Crippen LogP contribution >= 0.6 is 0 Å². The summed E-state index contributed by atoms with van der Waals surface area (Å²) in [5.74, 6) is -0.152.